The Morgan fingerprint density at radius 1 is 1.59 bits per heavy atom. The molecule has 0 aliphatic carbocycles. The number of amides is 1. The summed E-state index contributed by atoms with van der Waals surface area (Å²) in [4.78, 5) is 11.2. The molecule has 0 saturated carbocycles. The zero-order valence-electron chi connectivity index (χ0n) is 11.0. The minimum absolute atomic E-state index is 0.431. The fourth-order valence-corrected chi connectivity index (χ4v) is 1.98. The molecule has 5 nitrogen and oxygen atoms in total. The van der Waals surface area contributed by atoms with E-state index in [0.29, 0.717) is 11.7 Å². The second-order valence-electron chi connectivity index (χ2n) is 4.12. The molecule has 1 unspecified atom stereocenters. The molecule has 1 aromatic heterocycles. The van der Waals surface area contributed by atoms with Crippen LogP contribution >= 0.6 is 0 Å². The van der Waals surface area contributed by atoms with Crippen molar-refractivity contribution in [2.45, 2.75) is 39.0 Å². The molecule has 0 aromatic carbocycles. The molecule has 0 saturated heterocycles. The number of hydrogen-bond donors (Lipinski definition) is 1. The van der Waals surface area contributed by atoms with E-state index in [2.05, 4.69) is 29.0 Å². The highest BCUT2D eigenvalue weighted by Gasteiger charge is 2.18. The van der Waals surface area contributed by atoms with Gasteiger partial charge in [0, 0.05) is 18.8 Å². The minimum Gasteiger partial charge on any atom is -0.453 e. The van der Waals surface area contributed by atoms with Crippen LogP contribution in [0.1, 0.15) is 44.6 Å². The van der Waals surface area contributed by atoms with Gasteiger partial charge in [-0.05, 0) is 18.8 Å². The smallest absolute Gasteiger partial charge is 0.412 e. The van der Waals surface area contributed by atoms with Crippen molar-refractivity contribution >= 4 is 11.9 Å². The van der Waals surface area contributed by atoms with Gasteiger partial charge < -0.3 is 4.74 Å². The Morgan fingerprint density at radius 2 is 2.29 bits per heavy atom. The SMILES string of the molecule is CCCC(CC)c1cn(C)nc1NC(=O)OC. The molecule has 1 N–H and O–H groups in total. The third-order valence-corrected chi connectivity index (χ3v) is 2.83. The Kier molecular flexibility index (Phi) is 5.00. The molecular weight excluding hydrogens is 218 g/mol. The third kappa shape index (κ3) is 3.47. The highest BCUT2D eigenvalue weighted by molar-refractivity contribution is 5.84. The molecule has 0 aliphatic rings. The Hall–Kier alpha value is -1.52. The zero-order valence-corrected chi connectivity index (χ0v) is 11.0. The Bertz CT molecular complexity index is 374. The standard InChI is InChI=1S/C12H21N3O2/c1-5-7-9(6-2)10-8-15(3)14-11(10)13-12(16)17-4/h8-9H,5-7H2,1-4H3,(H,13,14,16). The second-order valence-corrected chi connectivity index (χ2v) is 4.12. The summed E-state index contributed by atoms with van der Waals surface area (Å²) in [5.74, 6) is 1.04. The van der Waals surface area contributed by atoms with Crippen molar-refractivity contribution in [1.29, 1.82) is 0 Å². The van der Waals surface area contributed by atoms with E-state index in [0.717, 1.165) is 24.8 Å². The number of aryl methyl sites for hydroxylation is 1. The number of carbonyl (C=O) groups excluding carboxylic acids is 1. The summed E-state index contributed by atoms with van der Waals surface area (Å²) in [7, 11) is 3.20. The van der Waals surface area contributed by atoms with Gasteiger partial charge in [-0.15, -0.1) is 0 Å². The maximum Gasteiger partial charge on any atom is 0.412 e. The number of ether oxygens (including phenoxy) is 1. The first-order valence-electron chi connectivity index (χ1n) is 6.00. The summed E-state index contributed by atoms with van der Waals surface area (Å²) in [5.41, 5.74) is 1.09. The molecule has 1 atom stereocenters. The van der Waals surface area contributed by atoms with Crippen molar-refractivity contribution in [2.75, 3.05) is 12.4 Å². The quantitative estimate of drug-likeness (QED) is 0.859. The van der Waals surface area contributed by atoms with E-state index in [1.165, 1.54) is 7.11 Å². The van der Waals surface area contributed by atoms with E-state index in [-0.39, 0.29) is 0 Å². The first-order valence-corrected chi connectivity index (χ1v) is 6.00. The number of nitrogens with one attached hydrogen (secondary N) is 1. The van der Waals surface area contributed by atoms with Gasteiger partial charge in [-0.2, -0.15) is 5.10 Å². The van der Waals surface area contributed by atoms with E-state index >= 15 is 0 Å². The van der Waals surface area contributed by atoms with E-state index < -0.39 is 6.09 Å². The minimum atomic E-state index is -0.476. The molecule has 1 rings (SSSR count). The number of anilines is 1. The lowest BCUT2D eigenvalue weighted by Gasteiger charge is -2.13. The van der Waals surface area contributed by atoms with Crippen LogP contribution < -0.4 is 5.32 Å². The summed E-state index contributed by atoms with van der Waals surface area (Å²) in [6.07, 6.45) is 4.74. The third-order valence-electron chi connectivity index (χ3n) is 2.83. The van der Waals surface area contributed by atoms with E-state index in [9.17, 15) is 4.79 Å². The molecule has 5 heteroatoms. The van der Waals surface area contributed by atoms with Gasteiger partial charge in [-0.3, -0.25) is 10.00 Å². The number of carbonyl (C=O) groups is 1. The number of aromatic nitrogens is 2. The second kappa shape index (κ2) is 6.27. The van der Waals surface area contributed by atoms with Gasteiger partial charge in [0.25, 0.3) is 0 Å². The molecule has 0 aliphatic heterocycles. The van der Waals surface area contributed by atoms with Crippen LogP contribution in [-0.2, 0) is 11.8 Å². The van der Waals surface area contributed by atoms with Crippen LogP contribution in [0.5, 0.6) is 0 Å². The number of nitrogens with zero attached hydrogens (tertiary/aromatic N) is 2. The highest BCUT2D eigenvalue weighted by Crippen LogP contribution is 2.29. The average Bonchev–Trinajstić information content (AvgIpc) is 2.66. The van der Waals surface area contributed by atoms with Crippen LogP contribution in [0, 0.1) is 0 Å². The topological polar surface area (TPSA) is 56.2 Å². The van der Waals surface area contributed by atoms with Crippen molar-refractivity contribution in [1.82, 2.24) is 9.78 Å². The summed E-state index contributed by atoms with van der Waals surface area (Å²) in [6.45, 7) is 4.31. The predicted octanol–water partition coefficient (Wildman–Crippen LogP) is 2.89. The van der Waals surface area contributed by atoms with Crippen molar-refractivity contribution in [2.24, 2.45) is 7.05 Å². The monoisotopic (exact) mass is 239 g/mol. The van der Waals surface area contributed by atoms with Gasteiger partial charge in [0.2, 0.25) is 0 Å². The summed E-state index contributed by atoms with van der Waals surface area (Å²) in [6, 6.07) is 0. The molecule has 17 heavy (non-hydrogen) atoms. The Labute approximate surface area is 102 Å². The summed E-state index contributed by atoms with van der Waals surface area (Å²) in [5, 5.41) is 6.92. The van der Waals surface area contributed by atoms with E-state index in [4.69, 9.17) is 0 Å². The van der Waals surface area contributed by atoms with Crippen molar-refractivity contribution < 1.29 is 9.53 Å². The lowest BCUT2D eigenvalue weighted by molar-refractivity contribution is 0.186. The van der Waals surface area contributed by atoms with Crippen LogP contribution in [0.4, 0.5) is 10.6 Å². The molecule has 0 fully saturated rings. The van der Waals surface area contributed by atoms with Crippen molar-refractivity contribution in [3.8, 4) is 0 Å². The Morgan fingerprint density at radius 3 is 2.82 bits per heavy atom. The predicted molar refractivity (Wildman–Crippen MR) is 67.2 cm³/mol. The fourth-order valence-electron chi connectivity index (χ4n) is 1.98. The average molecular weight is 239 g/mol. The van der Waals surface area contributed by atoms with Gasteiger partial charge in [0.05, 0.1) is 7.11 Å². The Balaban J connectivity index is 2.92. The number of rotatable bonds is 5. The first kappa shape index (κ1) is 13.5. The normalized spacial score (nSPS) is 12.2. The molecule has 0 radical (unpaired) electrons. The van der Waals surface area contributed by atoms with Gasteiger partial charge in [0.1, 0.15) is 0 Å². The maximum absolute atomic E-state index is 11.2. The first-order chi connectivity index (χ1) is 8.12. The van der Waals surface area contributed by atoms with Crippen LogP contribution in [0.3, 0.4) is 0 Å². The summed E-state index contributed by atoms with van der Waals surface area (Å²) < 4.78 is 6.31. The van der Waals surface area contributed by atoms with E-state index in [1.807, 2.05) is 13.2 Å². The largest absolute Gasteiger partial charge is 0.453 e. The molecular formula is C12H21N3O2. The zero-order chi connectivity index (χ0) is 12.8. The van der Waals surface area contributed by atoms with Crippen LogP contribution in [0.25, 0.3) is 0 Å². The lowest BCUT2D eigenvalue weighted by atomic mass is 9.94. The van der Waals surface area contributed by atoms with Crippen LogP contribution in [0.15, 0.2) is 6.20 Å². The summed E-state index contributed by atoms with van der Waals surface area (Å²) >= 11 is 0. The van der Waals surface area contributed by atoms with Gasteiger partial charge in [0.15, 0.2) is 5.82 Å². The fraction of sp³-hybridized carbons (Fsp3) is 0.667. The van der Waals surface area contributed by atoms with Gasteiger partial charge >= 0.3 is 6.09 Å². The highest BCUT2D eigenvalue weighted by atomic mass is 16.5. The van der Waals surface area contributed by atoms with Crippen LogP contribution in [-0.4, -0.2) is 23.0 Å². The molecule has 1 heterocycles. The maximum atomic E-state index is 11.2. The molecule has 1 amide bonds. The molecule has 0 bridgehead atoms. The van der Waals surface area contributed by atoms with Gasteiger partial charge in [-0.25, -0.2) is 4.79 Å². The van der Waals surface area contributed by atoms with Crippen molar-refractivity contribution in [3.63, 3.8) is 0 Å². The molecule has 1 aromatic rings. The van der Waals surface area contributed by atoms with Crippen LogP contribution in [0.2, 0.25) is 0 Å². The van der Waals surface area contributed by atoms with Gasteiger partial charge in [-0.1, -0.05) is 20.3 Å². The van der Waals surface area contributed by atoms with Crippen molar-refractivity contribution in [3.05, 3.63) is 11.8 Å². The lowest BCUT2D eigenvalue weighted by Crippen LogP contribution is -2.13. The number of hydrogen-bond acceptors (Lipinski definition) is 3. The van der Waals surface area contributed by atoms with E-state index in [1.54, 1.807) is 4.68 Å². The molecule has 96 valence electrons. The number of methoxy groups -OCH3 is 1. The molecule has 0 spiro atoms.